The van der Waals surface area contributed by atoms with E-state index in [9.17, 15) is 4.79 Å². The van der Waals surface area contributed by atoms with Gasteiger partial charge in [-0.05, 0) is 5.56 Å². The number of benzene rings is 1. The van der Waals surface area contributed by atoms with E-state index in [0.717, 1.165) is 11.3 Å². The molecule has 0 amide bonds. The summed E-state index contributed by atoms with van der Waals surface area (Å²) < 4.78 is 1.30. The molecule has 1 aromatic heterocycles. The lowest BCUT2D eigenvalue weighted by Crippen LogP contribution is -2.25. The number of aromatic nitrogens is 3. The maximum Gasteiger partial charge on any atom is 0.293 e. The standard InChI is InChI=1S/C11H8N4OS/c16-10-6-12-13-11-15(10)14-9(7-17-11)8-4-2-1-3-5-8/h1-6H,7H2. The number of nitrogens with zero attached hydrogens (tertiary/aromatic N) is 4. The summed E-state index contributed by atoms with van der Waals surface area (Å²) in [5, 5.41) is 12.4. The van der Waals surface area contributed by atoms with Gasteiger partial charge in [0, 0.05) is 5.75 Å². The van der Waals surface area contributed by atoms with E-state index in [-0.39, 0.29) is 5.56 Å². The van der Waals surface area contributed by atoms with Gasteiger partial charge in [0.2, 0.25) is 5.16 Å². The Balaban J connectivity index is 2.12. The van der Waals surface area contributed by atoms with Crippen LogP contribution in [0.15, 0.2) is 51.6 Å². The van der Waals surface area contributed by atoms with Crippen LogP contribution in [0.4, 0.5) is 0 Å². The SMILES string of the molecule is O=c1cnnc2n1N=C(c1ccccc1)CS2. The molecule has 1 aromatic carbocycles. The molecule has 3 rings (SSSR count). The molecule has 0 saturated heterocycles. The van der Waals surface area contributed by atoms with Crippen molar-refractivity contribution in [3.05, 3.63) is 52.4 Å². The van der Waals surface area contributed by atoms with E-state index in [1.54, 1.807) is 0 Å². The van der Waals surface area contributed by atoms with Gasteiger partial charge >= 0.3 is 0 Å². The molecular formula is C11H8N4OS. The van der Waals surface area contributed by atoms with Gasteiger partial charge in [-0.25, -0.2) is 0 Å². The Morgan fingerprint density at radius 2 is 2.06 bits per heavy atom. The lowest BCUT2D eigenvalue weighted by atomic mass is 10.1. The lowest BCUT2D eigenvalue weighted by molar-refractivity contribution is 0.641. The Kier molecular flexibility index (Phi) is 2.49. The van der Waals surface area contributed by atoms with Crippen LogP contribution in [0.25, 0.3) is 0 Å². The van der Waals surface area contributed by atoms with Crippen LogP contribution in [-0.2, 0) is 0 Å². The van der Waals surface area contributed by atoms with Gasteiger partial charge in [-0.3, -0.25) is 4.79 Å². The van der Waals surface area contributed by atoms with Crippen molar-refractivity contribution in [2.24, 2.45) is 5.10 Å². The third kappa shape index (κ3) is 1.87. The third-order valence-corrected chi connectivity index (χ3v) is 3.30. The van der Waals surface area contributed by atoms with Crippen LogP contribution in [0, 0.1) is 0 Å². The molecule has 84 valence electrons. The van der Waals surface area contributed by atoms with Gasteiger partial charge in [0.15, 0.2) is 0 Å². The summed E-state index contributed by atoms with van der Waals surface area (Å²) in [5.74, 6) is 0.697. The van der Waals surface area contributed by atoms with Crippen molar-refractivity contribution in [3.63, 3.8) is 0 Å². The van der Waals surface area contributed by atoms with Crippen molar-refractivity contribution in [2.75, 3.05) is 5.75 Å². The first-order chi connectivity index (χ1) is 8.34. The summed E-state index contributed by atoms with van der Waals surface area (Å²) in [7, 11) is 0. The number of fused-ring (bicyclic) bond motifs is 1. The number of thioether (sulfide) groups is 1. The Morgan fingerprint density at radius 1 is 1.24 bits per heavy atom. The van der Waals surface area contributed by atoms with Gasteiger partial charge in [-0.1, -0.05) is 42.1 Å². The van der Waals surface area contributed by atoms with Gasteiger partial charge in [-0.2, -0.15) is 14.9 Å². The molecule has 0 saturated carbocycles. The average molecular weight is 244 g/mol. The molecule has 17 heavy (non-hydrogen) atoms. The van der Waals surface area contributed by atoms with Gasteiger partial charge < -0.3 is 0 Å². The van der Waals surface area contributed by atoms with E-state index >= 15 is 0 Å². The van der Waals surface area contributed by atoms with E-state index in [1.165, 1.54) is 22.6 Å². The number of hydrogen-bond donors (Lipinski definition) is 0. The second-order valence-electron chi connectivity index (χ2n) is 3.48. The molecule has 1 aliphatic rings. The zero-order valence-corrected chi connectivity index (χ0v) is 9.59. The maximum absolute atomic E-state index is 11.6. The lowest BCUT2D eigenvalue weighted by Gasteiger charge is -2.14. The minimum absolute atomic E-state index is 0.254. The average Bonchev–Trinajstić information content (AvgIpc) is 2.40. The first-order valence-electron chi connectivity index (χ1n) is 5.05. The van der Waals surface area contributed by atoms with E-state index < -0.39 is 0 Å². The highest BCUT2D eigenvalue weighted by atomic mass is 32.2. The summed E-state index contributed by atoms with van der Waals surface area (Å²) >= 11 is 1.46. The Bertz CT molecular complexity index is 635. The largest absolute Gasteiger partial charge is 0.293 e. The van der Waals surface area contributed by atoms with Crippen molar-refractivity contribution >= 4 is 17.5 Å². The molecular weight excluding hydrogens is 236 g/mol. The van der Waals surface area contributed by atoms with Crippen LogP contribution in [0.2, 0.25) is 0 Å². The predicted molar refractivity (Wildman–Crippen MR) is 65.4 cm³/mol. The van der Waals surface area contributed by atoms with Crippen molar-refractivity contribution < 1.29 is 0 Å². The van der Waals surface area contributed by atoms with Crippen molar-refractivity contribution in [2.45, 2.75) is 5.16 Å². The topological polar surface area (TPSA) is 60.1 Å². The smallest absolute Gasteiger partial charge is 0.265 e. The fourth-order valence-corrected chi connectivity index (χ4v) is 2.40. The van der Waals surface area contributed by atoms with Crippen LogP contribution in [-0.4, -0.2) is 26.3 Å². The van der Waals surface area contributed by atoms with E-state index in [4.69, 9.17) is 0 Å². The van der Waals surface area contributed by atoms with Crippen molar-refractivity contribution in [3.8, 4) is 0 Å². The fraction of sp³-hybridized carbons (Fsp3) is 0.0909. The van der Waals surface area contributed by atoms with Crippen LogP contribution < -0.4 is 5.56 Å². The first kappa shape index (κ1) is 10.2. The summed E-state index contributed by atoms with van der Waals surface area (Å²) in [6.45, 7) is 0. The van der Waals surface area contributed by atoms with E-state index in [0.29, 0.717) is 10.9 Å². The molecule has 0 radical (unpaired) electrons. The Morgan fingerprint density at radius 3 is 2.88 bits per heavy atom. The second-order valence-corrected chi connectivity index (χ2v) is 4.42. The number of rotatable bonds is 1. The molecule has 2 aromatic rings. The van der Waals surface area contributed by atoms with Crippen LogP contribution >= 0.6 is 11.8 Å². The molecule has 6 heteroatoms. The van der Waals surface area contributed by atoms with Gasteiger partial charge in [-0.15, -0.1) is 5.10 Å². The molecule has 0 N–H and O–H groups in total. The quantitative estimate of drug-likeness (QED) is 0.750. The summed E-state index contributed by atoms with van der Waals surface area (Å²) in [6, 6.07) is 9.80. The van der Waals surface area contributed by atoms with Crippen LogP contribution in [0.3, 0.4) is 0 Å². The minimum Gasteiger partial charge on any atom is -0.265 e. The molecule has 2 heterocycles. The molecule has 1 aliphatic heterocycles. The zero-order valence-electron chi connectivity index (χ0n) is 8.78. The maximum atomic E-state index is 11.6. The highest BCUT2D eigenvalue weighted by Crippen LogP contribution is 2.20. The van der Waals surface area contributed by atoms with Crippen LogP contribution in [0.5, 0.6) is 0 Å². The highest BCUT2D eigenvalue weighted by molar-refractivity contribution is 7.99. The highest BCUT2D eigenvalue weighted by Gasteiger charge is 2.16. The molecule has 0 unspecified atom stereocenters. The van der Waals surface area contributed by atoms with E-state index in [1.807, 2.05) is 30.3 Å². The summed E-state index contributed by atoms with van der Waals surface area (Å²) in [4.78, 5) is 11.6. The van der Waals surface area contributed by atoms with Crippen molar-refractivity contribution in [1.82, 2.24) is 14.9 Å². The Labute approximate surface area is 101 Å². The van der Waals surface area contributed by atoms with Crippen LogP contribution in [0.1, 0.15) is 5.56 Å². The zero-order chi connectivity index (χ0) is 11.7. The fourth-order valence-electron chi connectivity index (χ4n) is 1.56. The second kappa shape index (κ2) is 4.14. The Hall–Kier alpha value is -1.95. The molecule has 5 nitrogen and oxygen atoms in total. The normalized spacial score (nSPS) is 14.0. The molecule has 0 fully saturated rings. The van der Waals surface area contributed by atoms with Gasteiger partial charge in [0.25, 0.3) is 5.56 Å². The molecule has 0 bridgehead atoms. The first-order valence-corrected chi connectivity index (χ1v) is 6.04. The monoisotopic (exact) mass is 244 g/mol. The summed E-state index contributed by atoms with van der Waals surface area (Å²) in [5.41, 5.74) is 1.64. The predicted octanol–water partition coefficient (Wildman–Crippen LogP) is 0.996. The van der Waals surface area contributed by atoms with Gasteiger partial charge in [0.05, 0.1) is 5.71 Å². The third-order valence-electron chi connectivity index (χ3n) is 2.37. The molecule has 0 spiro atoms. The number of hydrogen-bond acceptors (Lipinski definition) is 5. The van der Waals surface area contributed by atoms with Gasteiger partial charge in [0.1, 0.15) is 6.20 Å². The minimum atomic E-state index is -0.254. The summed E-state index contributed by atoms with van der Waals surface area (Å²) in [6.07, 6.45) is 1.17. The molecule has 0 aliphatic carbocycles. The molecule has 0 atom stereocenters. The van der Waals surface area contributed by atoms with Crippen molar-refractivity contribution in [1.29, 1.82) is 0 Å². The van der Waals surface area contributed by atoms with E-state index in [2.05, 4.69) is 15.3 Å².